The van der Waals surface area contributed by atoms with Crippen molar-refractivity contribution in [2.24, 2.45) is 0 Å². The lowest BCUT2D eigenvalue weighted by molar-refractivity contribution is -0.117. The first-order valence-corrected chi connectivity index (χ1v) is 12.6. The standard InChI is InChI=1S/C26H27N3O4S/c1-18-17-21(14-15-24(18)29-16-8-13-25(29)30)34(32,33)28-23-12-7-6-11-22(23)26(31)27-19(2)20-9-4-3-5-10-20/h3-7,9-12,14-15,17,19,28H,8,13,16H2,1-2H3,(H,27,31)/t19-/m1/s1. The Morgan fingerprint density at radius 3 is 2.38 bits per heavy atom. The molecule has 3 aromatic rings. The molecule has 2 amide bonds. The van der Waals surface area contributed by atoms with Crippen LogP contribution in [0.5, 0.6) is 0 Å². The summed E-state index contributed by atoms with van der Waals surface area (Å²) in [7, 11) is -3.96. The molecule has 1 aliphatic rings. The first kappa shape index (κ1) is 23.5. The summed E-state index contributed by atoms with van der Waals surface area (Å²) in [5.41, 5.74) is 2.78. The Morgan fingerprint density at radius 2 is 1.71 bits per heavy atom. The van der Waals surface area contributed by atoms with Gasteiger partial charge >= 0.3 is 0 Å². The first-order chi connectivity index (χ1) is 16.3. The summed E-state index contributed by atoms with van der Waals surface area (Å²) in [6, 6.07) is 20.5. The molecule has 0 saturated carbocycles. The lowest BCUT2D eigenvalue weighted by Crippen LogP contribution is -2.28. The molecule has 0 spiro atoms. The Balaban J connectivity index is 1.55. The molecule has 1 saturated heterocycles. The average molecular weight is 478 g/mol. The van der Waals surface area contributed by atoms with Crippen LogP contribution in [0.4, 0.5) is 11.4 Å². The van der Waals surface area contributed by atoms with Gasteiger partial charge in [-0.15, -0.1) is 0 Å². The molecule has 7 nitrogen and oxygen atoms in total. The highest BCUT2D eigenvalue weighted by Gasteiger charge is 2.25. The molecule has 1 heterocycles. The minimum absolute atomic E-state index is 0.0431. The summed E-state index contributed by atoms with van der Waals surface area (Å²) >= 11 is 0. The van der Waals surface area contributed by atoms with Gasteiger partial charge in [0, 0.05) is 18.7 Å². The summed E-state index contributed by atoms with van der Waals surface area (Å²) in [4.78, 5) is 26.8. The van der Waals surface area contributed by atoms with Crippen molar-refractivity contribution in [3.63, 3.8) is 0 Å². The van der Waals surface area contributed by atoms with Gasteiger partial charge in [0.05, 0.1) is 22.2 Å². The summed E-state index contributed by atoms with van der Waals surface area (Å²) in [6.07, 6.45) is 1.30. The van der Waals surface area contributed by atoms with Gasteiger partial charge in [-0.05, 0) is 61.7 Å². The summed E-state index contributed by atoms with van der Waals surface area (Å²) in [5, 5.41) is 2.92. The Morgan fingerprint density at radius 1 is 1.00 bits per heavy atom. The van der Waals surface area contributed by atoms with E-state index in [4.69, 9.17) is 0 Å². The molecule has 0 aliphatic carbocycles. The lowest BCUT2D eigenvalue weighted by Gasteiger charge is -2.19. The van der Waals surface area contributed by atoms with Crippen LogP contribution in [0.2, 0.25) is 0 Å². The normalized spacial score (nSPS) is 14.6. The number of sulfonamides is 1. The maximum Gasteiger partial charge on any atom is 0.261 e. The van der Waals surface area contributed by atoms with E-state index in [2.05, 4.69) is 10.0 Å². The molecule has 1 fully saturated rings. The molecule has 3 aromatic carbocycles. The monoisotopic (exact) mass is 477 g/mol. The van der Waals surface area contributed by atoms with Crippen molar-refractivity contribution >= 4 is 33.2 Å². The largest absolute Gasteiger partial charge is 0.345 e. The minimum atomic E-state index is -3.96. The van der Waals surface area contributed by atoms with Crippen LogP contribution in [0.3, 0.4) is 0 Å². The topological polar surface area (TPSA) is 95.6 Å². The average Bonchev–Trinajstić information content (AvgIpc) is 3.25. The molecule has 8 heteroatoms. The van der Waals surface area contributed by atoms with Gasteiger partial charge in [0.1, 0.15) is 0 Å². The van der Waals surface area contributed by atoms with Gasteiger partial charge in [-0.1, -0.05) is 42.5 Å². The van der Waals surface area contributed by atoms with E-state index in [1.54, 1.807) is 48.2 Å². The van der Waals surface area contributed by atoms with Gasteiger partial charge in [-0.3, -0.25) is 14.3 Å². The van der Waals surface area contributed by atoms with E-state index >= 15 is 0 Å². The Bertz CT molecular complexity index is 1320. The quantitative estimate of drug-likeness (QED) is 0.527. The summed E-state index contributed by atoms with van der Waals surface area (Å²) in [5.74, 6) is -0.338. The van der Waals surface area contributed by atoms with E-state index in [0.717, 1.165) is 17.7 Å². The van der Waals surface area contributed by atoms with Crippen LogP contribution >= 0.6 is 0 Å². The molecular formula is C26H27N3O4S. The second-order valence-electron chi connectivity index (χ2n) is 8.35. The molecule has 0 bridgehead atoms. The van der Waals surface area contributed by atoms with E-state index < -0.39 is 10.0 Å². The number of nitrogens with one attached hydrogen (secondary N) is 2. The molecule has 34 heavy (non-hydrogen) atoms. The van der Waals surface area contributed by atoms with Gasteiger partial charge in [-0.25, -0.2) is 8.42 Å². The van der Waals surface area contributed by atoms with Crippen molar-refractivity contribution in [2.75, 3.05) is 16.2 Å². The SMILES string of the molecule is Cc1cc(S(=O)(=O)Nc2ccccc2C(=O)N[C@H](C)c2ccccc2)ccc1N1CCCC1=O. The van der Waals surface area contributed by atoms with Gasteiger partial charge < -0.3 is 10.2 Å². The van der Waals surface area contributed by atoms with Crippen LogP contribution in [0.1, 0.15) is 47.3 Å². The first-order valence-electron chi connectivity index (χ1n) is 11.1. The zero-order valence-corrected chi connectivity index (χ0v) is 19.9. The van der Waals surface area contributed by atoms with Crippen molar-refractivity contribution in [3.05, 3.63) is 89.5 Å². The number of amides is 2. The maximum absolute atomic E-state index is 13.1. The van der Waals surface area contributed by atoms with Crippen LogP contribution in [0.25, 0.3) is 0 Å². The van der Waals surface area contributed by atoms with E-state index in [9.17, 15) is 18.0 Å². The summed E-state index contributed by atoms with van der Waals surface area (Å²) in [6.45, 7) is 4.29. The number of anilines is 2. The number of rotatable bonds is 7. The Kier molecular flexibility index (Phi) is 6.70. The molecule has 2 N–H and O–H groups in total. The highest BCUT2D eigenvalue weighted by molar-refractivity contribution is 7.92. The number of hydrogen-bond acceptors (Lipinski definition) is 4. The molecule has 1 aliphatic heterocycles. The fourth-order valence-corrected chi connectivity index (χ4v) is 5.24. The number of para-hydroxylation sites is 1. The van der Waals surface area contributed by atoms with Crippen molar-refractivity contribution < 1.29 is 18.0 Å². The van der Waals surface area contributed by atoms with E-state index in [0.29, 0.717) is 18.5 Å². The van der Waals surface area contributed by atoms with Crippen molar-refractivity contribution in [1.29, 1.82) is 0 Å². The maximum atomic E-state index is 13.1. The highest BCUT2D eigenvalue weighted by atomic mass is 32.2. The zero-order chi connectivity index (χ0) is 24.3. The van der Waals surface area contributed by atoms with Crippen molar-refractivity contribution in [3.8, 4) is 0 Å². The number of aryl methyl sites for hydroxylation is 1. The van der Waals surface area contributed by atoms with E-state index in [1.807, 2.05) is 37.3 Å². The lowest BCUT2D eigenvalue weighted by atomic mass is 10.1. The molecule has 0 unspecified atom stereocenters. The molecular weight excluding hydrogens is 450 g/mol. The third kappa shape index (κ3) is 4.97. The summed E-state index contributed by atoms with van der Waals surface area (Å²) < 4.78 is 28.8. The zero-order valence-electron chi connectivity index (χ0n) is 19.1. The van der Waals surface area contributed by atoms with Crippen molar-refractivity contribution in [1.82, 2.24) is 5.32 Å². The van der Waals surface area contributed by atoms with Gasteiger partial charge in [0.15, 0.2) is 0 Å². The number of benzene rings is 3. The van der Waals surface area contributed by atoms with Crippen molar-refractivity contribution in [2.45, 2.75) is 37.6 Å². The third-order valence-electron chi connectivity index (χ3n) is 5.91. The van der Waals surface area contributed by atoms with Gasteiger partial charge in [0.25, 0.3) is 15.9 Å². The Labute approximate surface area is 199 Å². The van der Waals surface area contributed by atoms with E-state index in [-0.39, 0.29) is 34.0 Å². The number of carbonyl (C=O) groups excluding carboxylic acids is 2. The minimum Gasteiger partial charge on any atom is -0.345 e. The fraction of sp³-hybridized carbons (Fsp3) is 0.231. The second kappa shape index (κ2) is 9.69. The van der Waals surface area contributed by atoms with E-state index in [1.165, 1.54) is 6.07 Å². The Hall–Kier alpha value is -3.65. The fourth-order valence-electron chi connectivity index (χ4n) is 4.07. The number of nitrogens with zero attached hydrogens (tertiary/aromatic N) is 1. The molecule has 176 valence electrons. The second-order valence-corrected chi connectivity index (χ2v) is 10.0. The molecule has 0 radical (unpaired) electrons. The predicted molar refractivity (Wildman–Crippen MR) is 132 cm³/mol. The van der Waals surface area contributed by atoms with Crippen LogP contribution in [0, 0.1) is 6.92 Å². The van der Waals surface area contributed by atoms with Gasteiger partial charge in [-0.2, -0.15) is 0 Å². The molecule has 1 atom stereocenters. The third-order valence-corrected chi connectivity index (χ3v) is 7.27. The number of hydrogen-bond donors (Lipinski definition) is 2. The predicted octanol–water partition coefficient (Wildman–Crippen LogP) is 4.41. The molecule has 0 aromatic heterocycles. The smallest absolute Gasteiger partial charge is 0.261 e. The van der Waals surface area contributed by atoms with Crippen LogP contribution in [0.15, 0.2) is 77.7 Å². The number of carbonyl (C=O) groups is 2. The molecule has 4 rings (SSSR count). The van der Waals surface area contributed by atoms with Crippen LogP contribution in [-0.2, 0) is 14.8 Å². The van der Waals surface area contributed by atoms with Crippen LogP contribution in [-0.4, -0.2) is 26.8 Å². The highest BCUT2D eigenvalue weighted by Crippen LogP contribution is 2.28. The van der Waals surface area contributed by atoms with Gasteiger partial charge in [0.2, 0.25) is 5.91 Å². The van der Waals surface area contributed by atoms with Crippen LogP contribution < -0.4 is 14.9 Å².